The van der Waals surface area contributed by atoms with Crippen molar-refractivity contribution in [3.63, 3.8) is 0 Å². The van der Waals surface area contributed by atoms with Crippen LogP contribution in [0.15, 0.2) is 10.6 Å². The van der Waals surface area contributed by atoms with Crippen molar-refractivity contribution in [3.05, 3.63) is 17.0 Å². The molecule has 2 rings (SSSR count). The van der Waals surface area contributed by atoms with Crippen molar-refractivity contribution in [2.45, 2.75) is 26.4 Å². The van der Waals surface area contributed by atoms with E-state index in [1.807, 2.05) is 0 Å². The number of hydrogen-bond donors (Lipinski definition) is 1. The zero-order valence-electron chi connectivity index (χ0n) is 13.4. The fourth-order valence-corrected chi connectivity index (χ4v) is 2.01. The average Bonchev–Trinajstić information content (AvgIpc) is 2.86. The molecule has 23 heavy (non-hydrogen) atoms. The van der Waals surface area contributed by atoms with Gasteiger partial charge in [0.15, 0.2) is 5.52 Å². The Hall–Kier alpha value is -2.35. The monoisotopic (exact) mass is 340 g/mol. The van der Waals surface area contributed by atoms with Crippen molar-refractivity contribution in [1.29, 1.82) is 0 Å². The van der Waals surface area contributed by atoms with Gasteiger partial charge in [-0.15, -0.1) is 0 Å². The number of rotatable bonds is 2. The maximum atomic E-state index is 12.2. The molecule has 0 aliphatic carbocycles. The van der Waals surface area contributed by atoms with Crippen molar-refractivity contribution in [1.82, 2.24) is 15.5 Å². The highest BCUT2D eigenvalue weighted by Crippen LogP contribution is 2.30. The van der Waals surface area contributed by atoms with Crippen molar-refractivity contribution in [2.75, 3.05) is 19.0 Å². The highest BCUT2D eigenvalue weighted by atomic mass is 35.5. The molecular weight excluding hydrogens is 324 g/mol. The molecule has 0 bridgehead atoms. The van der Waals surface area contributed by atoms with E-state index in [0.717, 1.165) is 0 Å². The molecule has 0 aliphatic heterocycles. The van der Waals surface area contributed by atoms with Gasteiger partial charge in [-0.25, -0.2) is 9.78 Å². The molecular formula is C14H17ClN4O4. The van der Waals surface area contributed by atoms with E-state index in [4.69, 9.17) is 20.9 Å². The first-order chi connectivity index (χ1) is 10.6. The lowest BCUT2D eigenvalue weighted by molar-refractivity contribution is 0.0589. The van der Waals surface area contributed by atoms with Crippen LogP contribution in [0.5, 0.6) is 0 Å². The second-order valence-corrected chi connectivity index (χ2v) is 6.18. The van der Waals surface area contributed by atoms with Crippen LogP contribution in [-0.4, -0.2) is 41.8 Å². The predicted octanol–water partition coefficient (Wildman–Crippen LogP) is 2.61. The van der Waals surface area contributed by atoms with Gasteiger partial charge in [-0.1, -0.05) is 16.8 Å². The van der Waals surface area contributed by atoms with E-state index in [1.165, 1.54) is 25.1 Å². The first-order valence-corrected chi connectivity index (χ1v) is 7.16. The summed E-state index contributed by atoms with van der Waals surface area (Å²) in [6, 6.07) is 1.45. The standard InChI is InChI=1S/C14H17ClN4O4/c1-14(2,3)22-13(21)19(5)7-6-8(15)17-10-9(7)18-23-11(10)12(20)16-4/h6H,1-5H3,(H,16,20). The van der Waals surface area contributed by atoms with Gasteiger partial charge in [-0.2, -0.15) is 0 Å². The summed E-state index contributed by atoms with van der Waals surface area (Å²) in [5.74, 6) is -0.572. The number of amides is 2. The van der Waals surface area contributed by atoms with Crippen molar-refractivity contribution in [3.8, 4) is 0 Å². The normalized spacial score (nSPS) is 11.4. The Morgan fingerprint density at radius 2 is 2.00 bits per heavy atom. The summed E-state index contributed by atoms with van der Waals surface area (Å²) >= 11 is 5.99. The molecule has 2 aromatic heterocycles. The SMILES string of the molecule is CNC(=O)c1onc2c(N(C)C(=O)OC(C)(C)C)cc(Cl)nc12. The van der Waals surface area contributed by atoms with Crippen LogP contribution in [0.2, 0.25) is 5.15 Å². The van der Waals surface area contributed by atoms with Crippen LogP contribution in [0.1, 0.15) is 31.3 Å². The summed E-state index contributed by atoms with van der Waals surface area (Å²) in [6.45, 7) is 5.27. The van der Waals surface area contributed by atoms with Crippen LogP contribution < -0.4 is 10.2 Å². The minimum absolute atomic E-state index is 0.0798. The summed E-state index contributed by atoms with van der Waals surface area (Å²) < 4.78 is 10.3. The van der Waals surface area contributed by atoms with Crippen LogP contribution in [0.4, 0.5) is 10.5 Å². The number of fused-ring (bicyclic) bond motifs is 1. The molecule has 2 amide bonds. The number of nitrogens with one attached hydrogen (secondary N) is 1. The Balaban J connectivity index is 2.51. The zero-order chi connectivity index (χ0) is 17.4. The smallest absolute Gasteiger partial charge is 0.414 e. The number of aromatic nitrogens is 2. The second kappa shape index (κ2) is 6.04. The van der Waals surface area contributed by atoms with Crippen molar-refractivity contribution in [2.24, 2.45) is 0 Å². The topological polar surface area (TPSA) is 97.6 Å². The van der Waals surface area contributed by atoms with Crippen LogP contribution >= 0.6 is 11.6 Å². The third-order valence-electron chi connectivity index (χ3n) is 2.85. The Kier molecular flexibility index (Phi) is 4.46. The summed E-state index contributed by atoms with van der Waals surface area (Å²) in [6.07, 6.45) is -0.592. The Bertz CT molecular complexity index is 766. The van der Waals surface area contributed by atoms with E-state index in [1.54, 1.807) is 20.8 Å². The van der Waals surface area contributed by atoms with Gasteiger partial charge in [0, 0.05) is 20.2 Å². The molecule has 2 aromatic rings. The largest absolute Gasteiger partial charge is 0.443 e. The molecule has 1 N–H and O–H groups in total. The molecule has 0 atom stereocenters. The molecule has 0 fully saturated rings. The van der Waals surface area contributed by atoms with E-state index < -0.39 is 17.6 Å². The van der Waals surface area contributed by atoms with Crippen molar-refractivity contribution >= 4 is 40.3 Å². The maximum absolute atomic E-state index is 12.2. The van der Waals surface area contributed by atoms with E-state index in [0.29, 0.717) is 5.69 Å². The van der Waals surface area contributed by atoms with E-state index >= 15 is 0 Å². The molecule has 0 saturated carbocycles. The van der Waals surface area contributed by atoms with Crippen LogP contribution in [-0.2, 0) is 4.74 Å². The molecule has 0 unspecified atom stereocenters. The number of anilines is 1. The molecule has 0 saturated heterocycles. The lowest BCUT2D eigenvalue weighted by Crippen LogP contribution is -2.34. The van der Waals surface area contributed by atoms with Gasteiger partial charge in [-0.05, 0) is 20.8 Å². The molecule has 124 valence electrons. The van der Waals surface area contributed by atoms with Gasteiger partial charge in [0.05, 0.1) is 5.69 Å². The number of nitrogens with zero attached hydrogens (tertiary/aromatic N) is 3. The molecule has 9 heteroatoms. The number of hydrogen-bond acceptors (Lipinski definition) is 6. The van der Waals surface area contributed by atoms with Gasteiger partial charge in [-0.3, -0.25) is 9.69 Å². The number of carbonyl (C=O) groups is 2. The zero-order valence-corrected chi connectivity index (χ0v) is 14.2. The fraction of sp³-hybridized carbons (Fsp3) is 0.429. The number of carbonyl (C=O) groups excluding carboxylic acids is 2. The molecule has 0 spiro atoms. The van der Waals surface area contributed by atoms with Gasteiger partial charge >= 0.3 is 6.09 Å². The highest BCUT2D eigenvalue weighted by Gasteiger charge is 2.26. The quantitative estimate of drug-likeness (QED) is 0.844. The van der Waals surface area contributed by atoms with Crippen LogP contribution in [0.25, 0.3) is 11.0 Å². The number of pyridine rings is 1. The molecule has 0 aliphatic rings. The molecule has 2 heterocycles. The van der Waals surface area contributed by atoms with E-state index in [2.05, 4.69) is 15.5 Å². The third-order valence-corrected chi connectivity index (χ3v) is 3.04. The maximum Gasteiger partial charge on any atom is 0.414 e. The summed E-state index contributed by atoms with van der Waals surface area (Å²) in [7, 11) is 2.96. The predicted molar refractivity (Wildman–Crippen MR) is 84.8 cm³/mol. The summed E-state index contributed by atoms with van der Waals surface area (Å²) in [4.78, 5) is 29.3. The number of halogens is 1. The summed E-state index contributed by atoms with van der Waals surface area (Å²) in [5.41, 5.74) is 0.0787. The highest BCUT2D eigenvalue weighted by molar-refractivity contribution is 6.30. The summed E-state index contributed by atoms with van der Waals surface area (Å²) in [5, 5.41) is 6.34. The molecule has 8 nitrogen and oxygen atoms in total. The van der Waals surface area contributed by atoms with Gasteiger partial charge in [0.1, 0.15) is 16.3 Å². The number of ether oxygens (including phenoxy) is 1. The lowest BCUT2D eigenvalue weighted by Gasteiger charge is -2.24. The van der Waals surface area contributed by atoms with Gasteiger partial charge < -0.3 is 14.6 Å². The first kappa shape index (κ1) is 17.0. The second-order valence-electron chi connectivity index (χ2n) is 5.79. The average molecular weight is 341 g/mol. The fourth-order valence-electron chi connectivity index (χ4n) is 1.82. The van der Waals surface area contributed by atoms with Crippen molar-refractivity contribution < 1.29 is 18.8 Å². The Labute approximate surface area is 137 Å². The third kappa shape index (κ3) is 3.53. The molecule has 0 radical (unpaired) electrons. The lowest BCUT2D eigenvalue weighted by atomic mass is 10.2. The van der Waals surface area contributed by atoms with Crippen LogP contribution in [0.3, 0.4) is 0 Å². The Morgan fingerprint density at radius 3 is 2.57 bits per heavy atom. The van der Waals surface area contributed by atoms with E-state index in [9.17, 15) is 9.59 Å². The first-order valence-electron chi connectivity index (χ1n) is 6.78. The van der Waals surface area contributed by atoms with Crippen LogP contribution in [0, 0.1) is 0 Å². The van der Waals surface area contributed by atoms with Gasteiger partial charge in [0.2, 0.25) is 5.76 Å². The Morgan fingerprint density at radius 1 is 1.35 bits per heavy atom. The van der Waals surface area contributed by atoms with E-state index in [-0.39, 0.29) is 21.9 Å². The minimum Gasteiger partial charge on any atom is -0.443 e. The molecule has 0 aromatic carbocycles. The minimum atomic E-state index is -0.654. The van der Waals surface area contributed by atoms with Gasteiger partial charge in [0.25, 0.3) is 5.91 Å².